The smallest absolute Gasteiger partial charge is 0.123 e. The SMILES string of the molecule is CCC1CCC2CC(c3cccc(F)c3)CCC2C1. The molecule has 1 aromatic carbocycles. The minimum atomic E-state index is -0.0747. The van der Waals surface area contributed by atoms with E-state index in [0.29, 0.717) is 5.92 Å². The van der Waals surface area contributed by atoms with Gasteiger partial charge in [-0.25, -0.2) is 4.39 Å². The van der Waals surface area contributed by atoms with Gasteiger partial charge in [-0.2, -0.15) is 0 Å². The highest BCUT2D eigenvalue weighted by molar-refractivity contribution is 5.21. The number of halogens is 1. The Labute approximate surface area is 116 Å². The molecule has 0 nitrogen and oxygen atoms in total. The van der Waals surface area contributed by atoms with Gasteiger partial charge < -0.3 is 0 Å². The first kappa shape index (κ1) is 13.1. The fourth-order valence-corrected chi connectivity index (χ4v) is 4.42. The zero-order valence-electron chi connectivity index (χ0n) is 11.9. The van der Waals surface area contributed by atoms with Gasteiger partial charge in [-0.3, -0.25) is 0 Å². The standard InChI is InChI=1S/C18H25F/c1-2-13-6-7-16-11-17(9-8-15(16)10-13)14-4-3-5-18(19)12-14/h3-5,12-13,15-17H,2,6-11H2,1H3. The van der Waals surface area contributed by atoms with Crippen molar-refractivity contribution in [1.29, 1.82) is 0 Å². The van der Waals surface area contributed by atoms with Gasteiger partial charge in [-0.15, -0.1) is 0 Å². The van der Waals surface area contributed by atoms with E-state index in [1.54, 1.807) is 12.1 Å². The van der Waals surface area contributed by atoms with Gasteiger partial charge in [-0.1, -0.05) is 31.9 Å². The summed E-state index contributed by atoms with van der Waals surface area (Å²) in [5, 5.41) is 0. The Morgan fingerprint density at radius 2 is 1.84 bits per heavy atom. The van der Waals surface area contributed by atoms with E-state index in [9.17, 15) is 4.39 Å². The number of benzene rings is 1. The lowest BCUT2D eigenvalue weighted by Crippen LogP contribution is -2.30. The molecule has 0 bridgehead atoms. The number of hydrogen-bond donors (Lipinski definition) is 0. The fraction of sp³-hybridized carbons (Fsp3) is 0.667. The van der Waals surface area contributed by atoms with Crippen LogP contribution in [0, 0.1) is 23.6 Å². The molecule has 2 aliphatic carbocycles. The molecule has 1 aromatic rings. The number of rotatable bonds is 2. The van der Waals surface area contributed by atoms with Crippen molar-refractivity contribution < 1.29 is 4.39 Å². The highest BCUT2D eigenvalue weighted by Crippen LogP contribution is 2.48. The van der Waals surface area contributed by atoms with Crippen molar-refractivity contribution >= 4 is 0 Å². The average Bonchev–Trinajstić information content (AvgIpc) is 2.46. The minimum Gasteiger partial charge on any atom is -0.207 e. The summed E-state index contributed by atoms with van der Waals surface area (Å²) in [5.74, 6) is 3.38. The predicted molar refractivity (Wildman–Crippen MR) is 77.6 cm³/mol. The summed E-state index contributed by atoms with van der Waals surface area (Å²) >= 11 is 0. The maximum atomic E-state index is 13.4. The minimum absolute atomic E-state index is 0.0747. The monoisotopic (exact) mass is 260 g/mol. The van der Waals surface area contributed by atoms with Crippen LogP contribution in [0.1, 0.15) is 63.4 Å². The Morgan fingerprint density at radius 1 is 1.05 bits per heavy atom. The second-order valence-corrected chi connectivity index (χ2v) is 6.67. The second-order valence-electron chi connectivity index (χ2n) is 6.67. The van der Waals surface area contributed by atoms with Crippen molar-refractivity contribution in [2.45, 2.75) is 57.8 Å². The van der Waals surface area contributed by atoms with E-state index in [1.807, 2.05) is 6.07 Å². The Kier molecular flexibility index (Phi) is 3.91. The van der Waals surface area contributed by atoms with Gasteiger partial charge in [0, 0.05) is 0 Å². The van der Waals surface area contributed by atoms with Gasteiger partial charge in [-0.05, 0) is 73.5 Å². The van der Waals surface area contributed by atoms with Crippen molar-refractivity contribution in [1.82, 2.24) is 0 Å². The Bertz CT molecular complexity index is 425. The van der Waals surface area contributed by atoms with Crippen LogP contribution >= 0.6 is 0 Å². The van der Waals surface area contributed by atoms with Gasteiger partial charge in [0.15, 0.2) is 0 Å². The first-order chi connectivity index (χ1) is 9.26. The summed E-state index contributed by atoms with van der Waals surface area (Å²) in [6.07, 6.45) is 9.57. The van der Waals surface area contributed by atoms with Gasteiger partial charge >= 0.3 is 0 Å². The van der Waals surface area contributed by atoms with Gasteiger partial charge in [0.05, 0.1) is 0 Å². The molecule has 2 saturated carbocycles. The maximum absolute atomic E-state index is 13.4. The maximum Gasteiger partial charge on any atom is 0.123 e. The molecule has 0 spiro atoms. The fourth-order valence-electron chi connectivity index (χ4n) is 4.42. The lowest BCUT2D eigenvalue weighted by Gasteiger charge is -2.42. The van der Waals surface area contributed by atoms with Crippen molar-refractivity contribution in [3.8, 4) is 0 Å². The molecular formula is C18H25F. The Morgan fingerprint density at radius 3 is 2.63 bits per heavy atom. The summed E-state index contributed by atoms with van der Waals surface area (Å²) in [5.41, 5.74) is 1.23. The molecule has 1 heteroatoms. The van der Waals surface area contributed by atoms with Crippen LogP contribution in [0.5, 0.6) is 0 Å². The van der Waals surface area contributed by atoms with Crippen LogP contribution in [0.25, 0.3) is 0 Å². The van der Waals surface area contributed by atoms with Crippen molar-refractivity contribution in [2.24, 2.45) is 17.8 Å². The molecule has 2 fully saturated rings. The first-order valence-corrected chi connectivity index (χ1v) is 8.01. The van der Waals surface area contributed by atoms with E-state index < -0.39 is 0 Å². The number of hydrogen-bond acceptors (Lipinski definition) is 0. The molecule has 0 saturated heterocycles. The van der Waals surface area contributed by atoms with E-state index in [-0.39, 0.29) is 5.82 Å². The van der Waals surface area contributed by atoms with Crippen LogP contribution in [-0.2, 0) is 0 Å². The third-order valence-corrected chi connectivity index (χ3v) is 5.62. The van der Waals surface area contributed by atoms with E-state index in [4.69, 9.17) is 0 Å². The van der Waals surface area contributed by atoms with E-state index >= 15 is 0 Å². The largest absolute Gasteiger partial charge is 0.207 e. The lowest BCUT2D eigenvalue weighted by molar-refractivity contribution is 0.116. The molecule has 0 aromatic heterocycles. The lowest BCUT2D eigenvalue weighted by atomic mass is 9.63. The van der Waals surface area contributed by atoms with Gasteiger partial charge in [0.25, 0.3) is 0 Å². The zero-order chi connectivity index (χ0) is 13.2. The highest BCUT2D eigenvalue weighted by atomic mass is 19.1. The summed E-state index contributed by atoms with van der Waals surface area (Å²) in [4.78, 5) is 0. The molecule has 19 heavy (non-hydrogen) atoms. The van der Waals surface area contributed by atoms with E-state index in [0.717, 1.165) is 17.8 Å². The van der Waals surface area contributed by atoms with Crippen LogP contribution in [0.3, 0.4) is 0 Å². The number of fused-ring (bicyclic) bond motifs is 1. The van der Waals surface area contributed by atoms with E-state index in [1.165, 1.54) is 50.5 Å². The molecule has 104 valence electrons. The molecule has 4 unspecified atom stereocenters. The van der Waals surface area contributed by atoms with Crippen LogP contribution in [0.15, 0.2) is 24.3 Å². The molecule has 2 aliphatic rings. The summed E-state index contributed by atoms with van der Waals surface area (Å²) < 4.78 is 13.4. The van der Waals surface area contributed by atoms with Crippen molar-refractivity contribution in [2.75, 3.05) is 0 Å². The summed E-state index contributed by atoms with van der Waals surface area (Å²) in [6.45, 7) is 2.34. The van der Waals surface area contributed by atoms with Crippen LogP contribution in [0.2, 0.25) is 0 Å². The molecule has 0 heterocycles. The molecule has 0 aliphatic heterocycles. The topological polar surface area (TPSA) is 0 Å². The van der Waals surface area contributed by atoms with E-state index in [2.05, 4.69) is 13.0 Å². The van der Waals surface area contributed by atoms with Crippen LogP contribution < -0.4 is 0 Å². The molecule has 0 N–H and O–H groups in total. The average molecular weight is 260 g/mol. The first-order valence-electron chi connectivity index (χ1n) is 8.01. The predicted octanol–water partition coefficient (Wildman–Crippen LogP) is 5.54. The van der Waals surface area contributed by atoms with Crippen LogP contribution in [-0.4, -0.2) is 0 Å². The Balaban J connectivity index is 1.67. The third-order valence-electron chi connectivity index (χ3n) is 5.62. The molecule has 3 rings (SSSR count). The highest BCUT2D eigenvalue weighted by Gasteiger charge is 2.35. The second kappa shape index (κ2) is 5.64. The zero-order valence-corrected chi connectivity index (χ0v) is 11.9. The molecule has 0 radical (unpaired) electrons. The van der Waals surface area contributed by atoms with Crippen LogP contribution in [0.4, 0.5) is 4.39 Å². The molecule has 0 amide bonds. The summed E-state index contributed by atoms with van der Waals surface area (Å²) in [6, 6.07) is 7.29. The van der Waals surface area contributed by atoms with Gasteiger partial charge in [0.2, 0.25) is 0 Å². The Hall–Kier alpha value is -0.850. The normalized spacial score (nSPS) is 34.8. The third kappa shape index (κ3) is 2.85. The molecule has 4 atom stereocenters. The van der Waals surface area contributed by atoms with Crippen molar-refractivity contribution in [3.05, 3.63) is 35.6 Å². The summed E-state index contributed by atoms with van der Waals surface area (Å²) in [7, 11) is 0. The molecular weight excluding hydrogens is 235 g/mol. The van der Waals surface area contributed by atoms with Gasteiger partial charge in [0.1, 0.15) is 5.82 Å². The van der Waals surface area contributed by atoms with Crippen molar-refractivity contribution in [3.63, 3.8) is 0 Å². The quantitative estimate of drug-likeness (QED) is 0.655.